The van der Waals surface area contributed by atoms with Crippen molar-refractivity contribution in [3.8, 4) is 42.4 Å². The zero-order chi connectivity index (χ0) is 24.8. The molecule has 2 unspecified atom stereocenters. The highest BCUT2D eigenvalue weighted by Crippen LogP contribution is 2.33. The van der Waals surface area contributed by atoms with Crippen LogP contribution in [-0.2, 0) is 4.79 Å². The second kappa shape index (κ2) is 14.5. The Labute approximate surface area is 198 Å². The Morgan fingerprint density at radius 3 is 2.21 bits per heavy atom. The summed E-state index contributed by atoms with van der Waals surface area (Å²) < 4.78 is 16.4. The van der Waals surface area contributed by atoms with E-state index in [0.717, 1.165) is 22.6 Å². The van der Waals surface area contributed by atoms with Crippen LogP contribution in [0.1, 0.15) is 31.0 Å². The molecule has 0 bridgehead atoms. The van der Waals surface area contributed by atoms with Crippen molar-refractivity contribution in [1.82, 2.24) is 10.6 Å². The van der Waals surface area contributed by atoms with Crippen LogP contribution in [0.5, 0.6) is 17.2 Å². The highest BCUT2D eigenvalue weighted by Gasteiger charge is 2.18. The third kappa shape index (κ3) is 8.11. The van der Waals surface area contributed by atoms with Crippen LogP contribution in [0.3, 0.4) is 0 Å². The Balaban J connectivity index is 0.00000265. The van der Waals surface area contributed by atoms with Crippen molar-refractivity contribution < 1.29 is 19.0 Å². The number of methoxy groups -OCH3 is 2. The summed E-state index contributed by atoms with van der Waals surface area (Å²) in [4.78, 5) is 12.0. The number of hydrogen-bond acceptors (Lipinski definition) is 5. The first-order valence-corrected chi connectivity index (χ1v) is 10.6. The molecule has 0 aromatic heterocycles. The monoisotopic (exact) mass is 450 g/mol. The molecule has 0 heterocycles. The molecule has 0 fully saturated rings. The number of nitrogens with one attached hydrogen (secondary N) is 2. The van der Waals surface area contributed by atoms with Crippen molar-refractivity contribution in [1.29, 1.82) is 0 Å². The predicted octanol–water partition coefficient (Wildman–Crippen LogP) is 3.66. The summed E-state index contributed by atoms with van der Waals surface area (Å²) in [7, 11) is 5.16. The summed E-state index contributed by atoms with van der Waals surface area (Å²) in [6.45, 7) is 4.47. The Morgan fingerprint density at radius 1 is 1.03 bits per heavy atom. The third-order valence-corrected chi connectivity index (χ3v) is 5.36. The maximum Gasteiger partial charge on any atom is 0.257 e. The number of rotatable bonds is 11. The average Bonchev–Trinajstić information content (AvgIpc) is 2.87. The molecular weight excluding hydrogens is 416 g/mol. The molecule has 6 heteroatoms. The molecule has 33 heavy (non-hydrogen) atoms. The maximum absolute atomic E-state index is 12.0. The van der Waals surface area contributed by atoms with Gasteiger partial charge in [0.25, 0.3) is 5.91 Å². The van der Waals surface area contributed by atoms with Crippen LogP contribution in [0.15, 0.2) is 42.5 Å². The van der Waals surface area contributed by atoms with Crippen LogP contribution in [-0.4, -0.2) is 40.3 Å². The van der Waals surface area contributed by atoms with Crippen molar-refractivity contribution in [3.63, 3.8) is 0 Å². The van der Waals surface area contributed by atoms with Gasteiger partial charge in [-0.05, 0) is 42.8 Å². The number of carbonyl (C=O) groups is 1. The fourth-order valence-electron chi connectivity index (χ4n) is 3.13. The van der Waals surface area contributed by atoms with Gasteiger partial charge in [0, 0.05) is 24.1 Å². The van der Waals surface area contributed by atoms with Gasteiger partial charge < -0.3 is 24.8 Å². The molecule has 1 amide bonds. The van der Waals surface area contributed by atoms with Crippen molar-refractivity contribution in [3.05, 3.63) is 53.6 Å². The van der Waals surface area contributed by atoms with E-state index in [1.54, 1.807) is 14.2 Å². The molecule has 3 atom stereocenters. The van der Waals surface area contributed by atoms with E-state index in [9.17, 15) is 4.79 Å². The summed E-state index contributed by atoms with van der Waals surface area (Å²) in [5.41, 5.74) is 2.04. The summed E-state index contributed by atoms with van der Waals surface area (Å²) in [6, 6.07) is 13.3. The minimum absolute atomic E-state index is 0.0434. The highest BCUT2D eigenvalue weighted by molar-refractivity contribution is 5.77. The molecule has 0 spiro atoms. The SMILES string of the molecule is C#C.C#C[C@@H](C)C(C)CNC(=O)COc1ccc(C(NC)c2ccc(OC)cc2OC)cc1. The number of terminal acetylenes is 2. The predicted molar refractivity (Wildman–Crippen MR) is 132 cm³/mol. The minimum Gasteiger partial charge on any atom is -0.497 e. The van der Waals surface area contributed by atoms with Crippen molar-refractivity contribution >= 4 is 5.91 Å². The van der Waals surface area contributed by atoms with E-state index < -0.39 is 0 Å². The summed E-state index contributed by atoms with van der Waals surface area (Å²) in [5, 5.41) is 6.17. The number of amides is 1. The first-order chi connectivity index (χ1) is 15.9. The molecule has 0 saturated heterocycles. The lowest BCUT2D eigenvalue weighted by Gasteiger charge is -2.21. The molecule has 0 aliphatic heterocycles. The maximum atomic E-state index is 12.0. The lowest BCUT2D eigenvalue weighted by molar-refractivity contribution is -0.123. The number of ether oxygens (including phenoxy) is 3. The largest absolute Gasteiger partial charge is 0.497 e. The van der Waals surface area contributed by atoms with Gasteiger partial charge in [-0.2, -0.15) is 0 Å². The van der Waals surface area contributed by atoms with Gasteiger partial charge in [-0.25, -0.2) is 0 Å². The zero-order valence-corrected chi connectivity index (χ0v) is 20.1. The van der Waals surface area contributed by atoms with E-state index in [1.165, 1.54) is 0 Å². The Morgan fingerprint density at radius 2 is 1.67 bits per heavy atom. The highest BCUT2D eigenvalue weighted by atomic mass is 16.5. The fraction of sp³-hybridized carbons (Fsp3) is 0.370. The lowest BCUT2D eigenvalue weighted by Crippen LogP contribution is -2.33. The van der Waals surface area contributed by atoms with Gasteiger partial charge in [-0.1, -0.05) is 26.0 Å². The summed E-state index contributed by atoms with van der Waals surface area (Å²) in [6.07, 6.45) is 13.4. The van der Waals surface area contributed by atoms with Gasteiger partial charge in [0.05, 0.1) is 20.3 Å². The van der Waals surface area contributed by atoms with E-state index in [0.29, 0.717) is 12.3 Å². The zero-order valence-electron chi connectivity index (χ0n) is 20.1. The molecule has 2 rings (SSSR count). The first kappa shape index (κ1) is 27.4. The molecule has 0 aliphatic carbocycles. The van der Waals surface area contributed by atoms with Gasteiger partial charge in [0.2, 0.25) is 0 Å². The van der Waals surface area contributed by atoms with E-state index in [4.69, 9.17) is 20.6 Å². The number of benzene rings is 2. The fourth-order valence-corrected chi connectivity index (χ4v) is 3.13. The molecule has 2 aromatic carbocycles. The molecule has 2 N–H and O–H groups in total. The van der Waals surface area contributed by atoms with Crippen molar-refractivity contribution in [2.75, 3.05) is 34.4 Å². The van der Waals surface area contributed by atoms with Crippen LogP contribution in [0.25, 0.3) is 0 Å². The van der Waals surface area contributed by atoms with Gasteiger partial charge in [0.15, 0.2) is 6.61 Å². The van der Waals surface area contributed by atoms with Gasteiger partial charge in [-0.3, -0.25) is 4.79 Å². The number of carbonyl (C=O) groups excluding carboxylic acids is 1. The van der Waals surface area contributed by atoms with Crippen molar-refractivity contribution in [2.24, 2.45) is 11.8 Å². The van der Waals surface area contributed by atoms with Crippen LogP contribution in [0, 0.1) is 37.0 Å². The minimum atomic E-state index is -0.170. The van der Waals surface area contributed by atoms with Crippen molar-refractivity contribution in [2.45, 2.75) is 19.9 Å². The molecule has 0 aliphatic rings. The topological polar surface area (TPSA) is 68.8 Å². The molecule has 176 valence electrons. The Kier molecular flexibility index (Phi) is 12.0. The standard InChI is InChI=1S/C25H32N2O4.C2H2/c1-7-17(2)18(3)15-27-24(28)16-31-20-10-8-19(9-11-20)25(26-4)22-13-12-21(29-5)14-23(22)30-6;1-2/h1,8-14,17-18,25-26H,15-16H2,2-6H3,(H,27,28);1-2H/t17-,18?,25?;/m1./s1. The molecular formula is C27H34N2O4. The summed E-state index contributed by atoms with van der Waals surface area (Å²) in [5.74, 6) is 4.94. The van der Waals surface area contributed by atoms with Gasteiger partial charge in [0.1, 0.15) is 17.2 Å². The second-order valence-electron chi connectivity index (χ2n) is 7.42. The van der Waals surface area contributed by atoms with E-state index in [-0.39, 0.29) is 30.4 Å². The Bertz CT molecular complexity index is 931. The lowest BCUT2D eigenvalue weighted by atomic mass is 9.97. The summed E-state index contributed by atoms with van der Waals surface area (Å²) >= 11 is 0. The smallest absolute Gasteiger partial charge is 0.257 e. The van der Waals surface area contributed by atoms with Crippen LogP contribution < -0.4 is 24.8 Å². The Hall–Kier alpha value is -3.61. The normalized spacial score (nSPS) is 12.7. The molecule has 6 nitrogen and oxygen atoms in total. The van der Waals surface area contributed by atoms with Gasteiger partial charge >= 0.3 is 0 Å². The van der Waals surface area contributed by atoms with Crippen LogP contribution in [0.4, 0.5) is 0 Å². The van der Waals surface area contributed by atoms with E-state index in [2.05, 4.69) is 29.4 Å². The third-order valence-electron chi connectivity index (χ3n) is 5.36. The molecule has 0 radical (unpaired) electrons. The second-order valence-corrected chi connectivity index (χ2v) is 7.42. The van der Waals surface area contributed by atoms with Crippen LogP contribution >= 0.6 is 0 Å². The number of hydrogen-bond donors (Lipinski definition) is 2. The van der Waals surface area contributed by atoms with E-state index >= 15 is 0 Å². The average molecular weight is 451 g/mol. The van der Waals surface area contributed by atoms with E-state index in [1.807, 2.05) is 63.4 Å². The molecule has 0 saturated carbocycles. The van der Waals surface area contributed by atoms with Crippen LogP contribution in [0.2, 0.25) is 0 Å². The first-order valence-electron chi connectivity index (χ1n) is 10.6. The van der Waals surface area contributed by atoms with Gasteiger partial charge in [-0.15, -0.1) is 25.2 Å². The quantitative estimate of drug-likeness (QED) is 0.512. The molecule has 2 aromatic rings.